The topological polar surface area (TPSA) is 46.5 Å². The maximum atomic E-state index is 9.80. The molecular weight excluding hydrogens is 140 g/mol. The molecule has 1 unspecified atom stereocenters. The summed E-state index contributed by atoms with van der Waals surface area (Å²) in [5, 5.41) is 0. The molecule has 0 aromatic carbocycles. The Morgan fingerprint density at radius 3 is 2.89 bits per heavy atom. The summed E-state index contributed by atoms with van der Waals surface area (Å²) < 4.78 is 22.1. The lowest BCUT2D eigenvalue weighted by Gasteiger charge is -1.92. The molecule has 0 heterocycles. The van der Waals surface area contributed by atoms with Crippen LogP contribution >= 0.6 is 0 Å². The average molecular weight is 148 g/mol. The van der Waals surface area contributed by atoms with Gasteiger partial charge in [0, 0.05) is 6.42 Å². The Labute approximate surface area is 56.9 Å². The summed E-state index contributed by atoms with van der Waals surface area (Å²) in [6.45, 7) is 0.243. The molecular formula is C5H8O3S. The van der Waals surface area contributed by atoms with Gasteiger partial charge < -0.3 is 0 Å². The van der Waals surface area contributed by atoms with Crippen LogP contribution in [0.3, 0.4) is 0 Å². The molecule has 9 heavy (non-hydrogen) atoms. The Morgan fingerprint density at radius 2 is 2.44 bits per heavy atom. The highest BCUT2D eigenvalue weighted by Gasteiger charge is 1.90. The first-order valence-corrected chi connectivity index (χ1v) is 3.48. The number of terminal acetylenes is 1. The molecule has 52 valence electrons. The zero-order chi connectivity index (χ0) is 7.11. The lowest BCUT2D eigenvalue weighted by Crippen LogP contribution is -1.96. The third kappa shape index (κ3) is 7.63. The molecule has 0 spiro atoms. The molecule has 0 aliphatic carbocycles. The Morgan fingerprint density at radius 1 is 1.78 bits per heavy atom. The summed E-state index contributed by atoms with van der Waals surface area (Å²) in [5.74, 6) is 2.38. The van der Waals surface area contributed by atoms with Gasteiger partial charge in [0.1, 0.15) is 0 Å². The van der Waals surface area contributed by atoms with Crippen LogP contribution in [-0.4, -0.2) is 15.4 Å². The predicted molar refractivity (Wildman–Crippen MR) is 34.8 cm³/mol. The number of unbranched alkanes of at least 4 members (excludes halogenated alkanes) is 1. The van der Waals surface area contributed by atoms with Crippen molar-refractivity contribution in [2.45, 2.75) is 12.8 Å². The summed E-state index contributed by atoms with van der Waals surface area (Å²) in [5.41, 5.74) is 0. The predicted octanol–water partition coefficient (Wildman–Crippen LogP) is 0.553. The fourth-order valence-corrected chi connectivity index (χ4v) is 0.565. The van der Waals surface area contributed by atoms with Crippen LogP contribution in [0.25, 0.3) is 0 Å². The third-order valence-electron chi connectivity index (χ3n) is 0.650. The molecule has 4 heteroatoms. The Hall–Kier alpha value is -0.370. The average Bonchev–Trinajstić information content (AvgIpc) is 1.80. The first-order valence-electron chi connectivity index (χ1n) is 2.45. The van der Waals surface area contributed by atoms with Crippen LogP contribution in [0.5, 0.6) is 0 Å². The Bertz CT molecular complexity index is 127. The van der Waals surface area contributed by atoms with Crippen LogP contribution in [0.2, 0.25) is 0 Å². The van der Waals surface area contributed by atoms with Crippen molar-refractivity contribution in [2.75, 3.05) is 6.61 Å². The van der Waals surface area contributed by atoms with Crippen molar-refractivity contribution in [3.63, 3.8) is 0 Å². The SMILES string of the molecule is C#CCCCOS(=O)O. The molecule has 0 fully saturated rings. The summed E-state index contributed by atoms with van der Waals surface area (Å²) in [6.07, 6.45) is 6.11. The Balaban J connectivity index is 2.94. The van der Waals surface area contributed by atoms with E-state index in [0.717, 1.165) is 0 Å². The maximum Gasteiger partial charge on any atom is 0.301 e. The standard InChI is InChI=1S/C5H8O3S/c1-2-3-4-5-8-9(6)7/h1H,3-5H2,(H,6,7). The molecule has 0 amide bonds. The fraction of sp³-hybridized carbons (Fsp3) is 0.600. The second-order valence-electron chi connectivity index (χ2n) is 1.35. The van der Waals surface area contributed by atoms with Crippen molar-refractivity contribution in [1.82, 2.24) is 0 Å². The van der Waals surface area contributed by atoms with Crippen molar-refractivity contribution in [3.8, 4) is 12.3 Å². The second-order valence-corrected chi connectivity index (χ2v) is 2.02. The number of hydrogen-bond donors (Lipinski definition) is 1. The van der Waals surface area contributed by atoms with E-state index in [1.165, 1.54) is 0 Å². The molecule has 1 atom stereocenters. The molecule has 0 aliphatic rings. The van der Waals surface area contributed by atoms with Gasteiger partial charge in [-0.15, -0.1) is 12.3 Å². The number of hydrogen-bond acceptors (Lipinski definition) is 2. The summed E-state index contributed by atoms with van der Waals surface area (Å²) >= 11 is -2.14. The van der Waals surface area contributed by atoms with E-state index in [1.807, 2.05) is 0 Å². The van der Waals surface area contributed by atoms with E-state index in [9.17, 15) is 4.21 Å². The van der Waals surface area contributed by atoms with Crippen molar-refractivity contribution in [3.05, 3.63) is 0 Å². The van der Waals surface area contributed by atoms with Gasteiger partial charge in [0.2, 0.25) is 0 Å². The smallest absolute Gasteiger partial charge is 0.284 e. The van der Waals surface area contributed by atoms with Gasteiger partial charge in [0.25, 0.3) is 0 Å². The summed E-state index contributed by atoms with van der Waals surface area (Å²) in [6, 6.07) is 0. The van der Waals surface area contributed by atoms with Crippen molar-refractivity contribution in [1.29, 1.82) is 0 Å². The minimum Gasteiger partial charge on any atom is -0.284 e. The highest BCUT2D eigenvalue weighted by Crippen LogP contribution is 1.88. The van der Waals surface area contributed by atoms with Gasteiger partial charge in [-0.1, -0.05) is 0 Å². The minimum absolute atomic E-state index is 0.243. The maximum absolute atomic E-state index is 9.80. The summed E-state index contributed by atoms with van der Waals surface area (Å²) in [4.78, 5) is 0. The Kier molecular flexibility index (Phi) is 5.52. The zero-order valence-corrected chi connectivity index (χ0v) is 5.69. The van der Waals surface area contributed by atoms with Crippen LogP contribution in [0.4, 0.5) is 0 Å². The van der Waals surface area contributed by atoms with Crippen LogP contribution in [0.15, 0.2) is 0 Å². The van der Waals surface area contributed by atoms with Crippen LogP contribution < -0.4 is 0 Å². The molecule has 0 radical (unpaired) electrons. The van der Waals surface area contributed by atoms with E-state index in [2.05, 4.69) is 10.1 Å². The van der Waals surface area contributed by atoms with E-state index >= 15 is 0 Å². The highest BCUT2D eigenvalue weighted by molar-refractivity contribution is 7.74. The molecule has 0 rings (SSSR count). The van der Waals surface area contributed by atoms with Gasteiger partial charge in [-0.2, -0.15) is 4.21 Å². The fourth-order valence-electron chi connectivity index (χ4n) is 0.304. The van der Waals surface area contributed by atoms with Gasteiger partial charge in [-0.3, -0.25) is 8.74 Å². The van der Waals surface area contributed by atoms with Crippen LogP contribution in [0.1, 0.15) is 12.8 Å². The highest BCUT2D eigenvalue weighted by atomic mass is 32.2. The normalized spacial score (nSPS) is 12.4. The first kappa shape index (κ1) is 8.63. The second kappa shape index (κ2) is 5.76. The van der Waals surface area contributed by atoms with E-state index in [-0.39, 0.29) is 6.61 Å². The van der Waals surface area contributed by atoms with Gasteiger partial charge in [-0.05, 0) is 6.42 Å². The van der Waals surface area contributed by atoms with Gasteiger partial charge >= 0.3 is 11.4 Å². The van der Waals surface area contributed by atoms with E-state index in [0.29, 0.717) is 12.8 Å². The van der Waals surface area contributed by atoms with E-state index in [1.54, 1.807) is 0 Å². The van der Waals surface area contributed by atoms with Crippen LogP contribution in [-0.2, 0) is 15.5 Å². The van der Waals surface area contributed by atoms with E-state index in [4.69, 9.17) is 11.0 Å². The minimum atomic E-state index is -2.14. The van der Waals surface area contributed by atoms with Crippen molar-refractivity contribution in [2.24, 2.45) is 0 Å². The first-order chi connectivity index (χ1) is 4.27. The van der Waals surface area contributed by atoms with Crippen LogP contribution in [0, 0.1) is 12.3 Å². The quantitative estimate of drug-likeness (QED) is 0.360. The lowest BCUT2D eigenvalue weighted by atomic mass is 10.3. The van der Waals surface area contributed by atoms with Crippen molar-refractivity contribution < 1.29 is 12.9 Å². The zero-order valence-electron chi connectivity index (χ0n) is 4.87. The molecule has 0 aromatic heterocycles. The largest absolute Gasteiger partial charge is 0.301 e. The monoisotopic (exact) mass is 148 g/mol. The van der Waals surface area contributed by atoms with E-state index < -0.39 is 11.4 Å². The summed E-state index contributed by atoms with van der Waals surface area (Å²) in [7, 11) is 0. The molecule has 0 bridgehead atoms. The van der Waals surface area contributed by atoms with Gasteiger partial charge in [-0.25, -0.2) is 0 Å². The van der Waals surface area contributed by atoms with Gasteiger partial charge in [0.15, 0.2) is 0 Å². The lowest BCUT2D eigenvalue weighted by molar-refractivity contribution is 0.303. The molecule has 0 saturated carbocycles. The number of rotatable bonds is 4. The molecule has 3 nitrogen and oxygen atoms in total. The molecule has 1 N–H and O–H groups in total. The van der Waals surface area contributed by atoms with Crippen molar-refractivity contribution >= 4 is 11.4 Å². The third-order valence-corrected chi connectivity index (χ3v) is 1.02. The van der Waals surface area contributed by atoms with Gasteiger partial charge in [0.05, 0.1) is 6.61 Å². The molecule has 0 aromatic rings. The molecule has 0 saturated heterocycles. The molecule has 0 aliphatic heterocycles.